The molecule has 0 aliphatic heterocycles. The van der Waals surface area contributed by atoms with Gasteiger partial charge in [-0.05, 0) is 24.6 Å². The molecule has 58 valence electrons. The Kier molecular flexibility index (Phi) is 2.49. The van der Waals surface area contributed by atoms with Crippen molar-refractivity contribution in [3.05, 3.63) is 28.6 Å². The Morgan fingerprint density at radius 3 is 2.91 bits per heavy atom. The van der Waals surface area contributed by atoms with Gasteiger partial charge in [-0.2, -0.15) is 0 Å². The van der Waals surface area contributed by atoms with Crippen molar-refractivity contribution in [2.45, 2.75) is 6.92 Å². The molecule has 0 aromatic carbocycles. The van der Waals surface area contributed by atoms with Gasteiger partial charge in [0.1, 0.15) is 6.29 Å². The number of aromatic nitrogens is 1. The molecule has 0 saturated heterocycles. The number of halogens is 1. The van der Waals surface area contributed by atoms with Crippen molar-refractivity contribution in [1.82, 2.24) is 4.98 Å². The third-order valence-corrected chi connectivity index (χ3v) is 1.61. The zero-order chi connectivity index (χ0) is 8.27. The summed E-state index contributed by atoms with van der Waals surface area (Å²) >= 11 is 5.75. The van der Waals surface area contributed by atoms with Gasteiger partial charge >= 0.3 is 0 Å². The highest BCUT2D eigenvalue weighted by atomic mass is 35.5. The van der Waals surface area contributed by atoms with Gasteiger partial charge in [0.05, 0.1) is 10.7 Å². The molecule has 0 saturated carbocycles. The van der Waals surface area contributed by atoms with E-state index in [1.54, 1.807) is 25.3 Å². The summed E-state index contributed by atoms with van der Waals surface area (Å²) in [5.74, 6) is 0. The van der Waals surface area contributed by atoms with Crippen LogP contribution >= 0.6 is 11.6 Å². The quantitative estimate of drug-likeness (QED) is 0.535. The molecule has 0 aliphatic carbocycles. The largest absolute Gasteiger partial charge is 0.360 e. The molecule has 0 amide bonds. The summed E-state index contributed by atoms with van der Waals surface area (Å²) in [6, 6.07) is 1.74. The van der Waals surface area contributed by atoms with E-state index < -0.39 is 0 Å². The molecule has 0 radical (unpaired) electrons. The molecule has 2 nitrogen and oxygen atoms in total. The van der Waals surface area contributed by atoms with Gasteiger partial charge in [-0.3, -0.25) is 4.79 Å². The number of nitrogens with one attached hydrogen (secondary N) is 1. The Bertz CT molecular complexity index is 288. The van der Waals surface area contributed by atoms with Crippen molar-refractivity contribution >= 4 is 24.0 Å². The Hall–Kier alpha value is -1.02. The maximum absolute atomic E-state index is 10.2. The molecule has 1 heterocycles. The summed E-state index contributed by atoms with van der Waals surface area (Å²) < 4.78 is 0. The van der Waals surface area contributed by atoms with Crippen molar-refractivity contribution in [3.8, 4) is 0 Å². The lowest BCUT2D eigenvalue weighted by Gasteiger charge is -1.88. The van der Waals surface area contributed by atoms with Crippen LogP contribution in [0.4, 0.5) is 0 Å². The topological polar surface area (TPSA) is 32.9 Å². The predicted octanol–water partition coefficient (Wildman–Crippen LogP) is 2.27. The molecule has 1 aromatic rings. The lowest BCUT2D eigenvalue weighted by Crippen LogP contribution is -1.77. The first-order valence-corrected chi connectivity index (χ1v) is 3.58. The first kappa shape index (κ1) is 8.08. The minimum atomic E-state index is 0.631. The average molecular weight is 170 g/mol. The summed E-state index contributed by atoms with van der Waals surface area (Å²) in [6.45, 7) is 1.73. The number of hydrogen-bond donors (Lipinski definition) is 1. The molecule has 1 rings (SSSR count). The number of aldehydes is 1. The predicted molar refractivity (Wildman–Crippen MR) is 45.5 cm³/mol. The van der Waals surface area contributed by atoms with Crippen LogP contribution in [-0.2, 0) is 4.79 Å². The molecule has 0 bridgehead atoms. The lowest BCUT2D eigenvalue weighted by molar-refractivity contribution is -0.104. The van der Waals surface area contributed by atoms with Crippen molar-refractivity contribution < 1.29 is 4.79 Å². The summed E-state index contributed by atoms with van der Waals surface area (Å²) in [4.78, 5) is 13.1. The maximum Gasteiger partial charge on any atom is 0.145 e. The summed E-state index contributed by atoms with van der Waals surface area (Å²) in [5, 5.41) is 0.631. The number of H-pyrrole nitrogens is 1. The molecule has 0 atom stereocenters. The molecule has 0 aliphatic rings. The van der Waals surface area contributed by atoms with Crippen molar-refractivity contribution in [2.75, 3.05) is 0 Å². The molecule has 3 heteroatoms. The Balaban J connectivity index is 2.94. The second-order valence-corrected chi connectivity index (χ2v) is 2.65. The van der Waals surface area contributed by atoms with E-state index in [2.05, 4.69) is 4.98 Å². The van der Waals surface area contributed by atoms with Crippen LogP contribution < -0.4 is 0 Å². The summed E-state index contributed by atoms with van der Waals surface area (Å²) in [7, 11) is 0. The van der Waals surface area contributed by atoms with E-state index in [-0.39, 0.29) is 0 Å². The first-order chi connectivity index (χ1) is 5.24. The van der Waals surface area contributed by atoms with Gasteiger partial charge in [-0.25, -0.2) is 0 Å². The number of hydrogen-bond acceptors (Lipinski definition) is 1. The fourth-order valence-electron chi connectivity index (χ4n) is 0.736. The number of carbonyl (C=O) groups is 1. The van der Waals surface area contributed by atoms with E-state index in [1.165, 1.54) is 0 Å². The summed E-state index contributed by atoms with van der Waals surface area (Å²) in [6.07, 6.45) is 4.22. The van der Waals surface area contributed by atoms with E-state index in [9.17, 15) is 4.79 Å². The Morgan fingerprint density at radius 2 is 2.45 bits per heavy atom. The number of allylic oxidation sites excluding steroid dienone is 1. The minimum absolute atomic E-state index is 0.631. The maximum atomic E-state index is 10.2. The Morgan fingerprint density at radius 1 is 1.73 bits per heavy atom. The van der Waals surface area contributed by atoms with Crippen LogP contribution in [0.2, 0.25) is 5.02 Å². The van der Waals surface area contributed by atoms with Crippen LogP contribution in [0.3, 0.4) is 0 Å². The first-order valence-electron chi connectivity index (χ1n) is 3.20. The number of rotatable bonds is 2. The van der Waals surface area contributed by atoms with E-state index in [0.29, 0.717) is 10.6 Å². The zero-order valence-electron chi connectivity index (χ0n) is 6.10. The van der Waals surface area contributed by atoms with Gasteiger partial charge in [0.15, 0.2) is 0 Å². The van der Waals surface area contributed by atoms with Gasteiger partial charge in [0.2, 0.25) is 0 Å². The SMILES string of the molecule is CC(C=O)=Cc1[nH]ccc1Cl. The molecule has 0 unspecified atom stereocenters. The fraction of sp³-hybridized carbons (Fsp3) is 0.125. The Labute approximate surface area is 69.9 Å². The van der Waals surface area contributed by atoms with Crippen LogP contribution in [0.1, 0.15) is 12.6 Å². The molecule has 0 fully saturated rings. The van der Waals surface area contributed by atoms with Crippen molar-refractivity contribution in [3.63, 3.8) is 0 Å². The second kappa shape index (κ2) is 3.39. The highest BCUT2D eigenvalue weighted by molar-refractivity contribution is 6.32. The average Bonchev–Trinajstić information content (AvgIpc) is 2.37. The molecule has 1 N–H and O–H groups in total. The molecular weight excluding hydrogens is 162 g/mol. The molecule has 0 spiro atoms. The number of carbonyl (C=O) groups excluding carboxylic acids is 1. The van der Waals surface area contributed by atoms with Gasteiger partial charge in [-0.15, -0.1) is 0 Å². The van der Waals surface area contributed by atoms with Crippen LogP contribution in [0.5, 0.6) is 0 Å². The third kappa shape index (κ3) is 1.95. The van der Waals surface area contributed by atoms with E-state index in [0.717, 1.165) is 12.0 Å². The summed E-state index contributed by atoms with van der Waals surface area (Å²) in [5.41, 5.74) is 1.42. The third-order valence-electron chi connectivity index (χ3n) is 1.28. The monoisotopic (exact) mass is 169 g/mol. The zero-order valence-corrected chi connectivity index (χ0v) is 6.85. The van der Waals surface area contributed by atoms with Gasteiger partial charge in [0, 0.05) is 6.20 Å². The van der Waals surface area contributed by atoms with E-state index in [1.807, 2.05) is 0 Å². The van der Waals surface area contributed by atoms with Gasteiger partial charge < -0.3 is 4.98 Å². The standard InChI is InChI=1S/C8H8ClNO/c1-6(5-11)4-8-7(9)2-3-10-8/h2-5,10H,1H3. The normalized spacial score (nSPS) is 11.6. The fourth-order valence-corrected chi connectivity index (χ4v) is 0.908. The lowest BCUT2D eigenvalue weighted by atomic mass is 10.3. The van der Waals surface area contributed by atoms with Crippen molar-refractivity contribution in [1.29, 1.82) is 0 Å². The van der Waals surface area contributed by atoms with Crippen LogP contribution in [0.25, 0.3) is 6.08 Å². The van der Waals surface area contributed by atoms with E-state index in [4.69, 9.17) is 11.6 Å². The van der Waals surface area contributed by atoms with Gasteiger partial charge in [-0.1, -0.05) is 11.6 Å². The highest BCUT2D eigenvalue weighted by Crippen LogP contribution is 2.15. The van der Waals surface area contributed by atoms with Gasteiger partial charge in [0.25, 0.3) is 0 Å². The highest BCUT2D eigenvalue weighted by Gasteiger charge is 1.96. The molecule has 1 aromatic heterocycles. The van der Waals surface area contributed by atoms with E-state index >= 15 is 0 Å². The van der Waals surface area contributed by atoms with Crippen molar-refractivity contribution in [2.24, 2.45) is 0 Å². The molecular formula is C8H8ClNO. The van der Waals surface area contributed by atoms with Crippen LogP contribution in [0, 0.1) is 0 Å². The van der Waals surface area contributed by atoms with Crippen LogP contribution in [-0.4, -0.2) is 11.3 Å². The second-order valence-electron chi connectivity index (χ2n) is 2.25. The minimum Gasteiger partial charge on any atom is -0.360 e. The molecule has 11 heavy (non-hydrogen) atoms. The smallest absolute Gasteiger partial charge is 0.145 e. The number of aromatic amines is 1. The van der Waals surface area contributed by atoms with Crippen LogP contribution in [0.15, 0.2) is 17.8 Å².